The molecule has 0 aliphatic rings. The van der Waals surface area contributed by atoms with Crippen LogP contribution in [-0.4, -0.2) is 151 Å². The van der Waals surface area contributed by atoms with Gasteiger partial charge in [0.1, 0.15) is 54.4 Å². The zero-order valence-corrected chi connectivity index (χ0v) is 49.7. The molecule has 9 atom stereocenters. The van der Waals surface area contributed by atoms with Crippen LogP contribution in [0.15, 0.2) is 133 Å². The molecular formula is C62H71N11O18. The molecule has 0 heterocycles. The highest BCUT2D eigenvalue weighted by molar-refractivity contribution is 6.02. The van der Waals surface area contributed by atoms with Gasteiger partial charge in [-0.3, -0.25) is 62.9 Å². The summed E-state index contributed by atoms with van der Waals surface area (Å²) in [5, 5.41) is 72.9. The molecule has 0 fully saturated rings. The van der Waals surface area contributed by atoms with Crippen LogP contribution in [-0.2, 0) is 78.4 Å². The maximum atomic E-state index is 14.4. The van der Waals surface area contributed by atoms with Crippen molar-refractivity contribution >= 4 is 82.4 Å². The molecule has 5 aromatic rings. The number of benzene rings is 5. The number of nitrogens with one attached hydrogen (secondary N) is 9. The molecule has 0 spiro atoms. The van der Waals surface area contributed by atoms with Gasteiger partial charge in [-0.2, -0.15) is 0 Å². The molecule has 0 aromatic heterocycles. The van der Waals surface area contributed by atoms with Gasteiger partial charge in [-0.1, -0.05) is 123 Å². The topological polar surface area (TPSA) is 463 Å². The van der Waals surface area contributed by atoms with Crippen LogP contribution in [0.2, 0.25) is 0 Å². The molecule has 0 saturated carbocycles. The minimum Gasteiger partial charge on any atom is -0.502 e. The van der Waals surface area contributed by atoms with E-state index in [2.05, 4.69) is 42.5 Å². The molecule has 482 valence electrons. The summed E-state index contributed by atoms with van der Waals surface area (Å²) in [4.78, 5) is 173. The number of phenolic OH excluding ortho intramolecular Hbond substituents is 1. The molecule has 0 saturated heterocycles. The van der Waals surface area contributed by atoms with E-state index in [1.165, 1.54) is 39.8 Å². The van der Waals surface area contributed by atoms with Gasteiger partial charge in [0.25, 0.3) is 5.91 Å². The molecule has 5 aromatic carbocycles. The number of nitrogens with zero attached hydrogens (tertiary/aromatic N) is 1. The SMILES string of the molecule is CC(C)[C@H](NC(=O)[C@H](CC(=O)O)NC(=O)[C@H](Cc1ccccc1)NC(=O)[C@H](C)NC(=O)[C@H](Cc1ccccc1)NC(=O)[C@H](C)NC(=O)c1ccccc1N)C(=O)N[C@@H](Cc1ccccc1)C(=O)N[C@@H](Cc1ccc(O)c([N+](=O)[O-])c1)C(=O)N[C@@H](CC(=O)O)C(=O)O. The maximum Gasteiger partial charge on any atom is 0.326 e. The standard InChI is InChI=1S/C62H71N11O18/c1-33(2)52(61(87)70-44(28-38-20-12-7-13-21-38)58(84)68-45(59(85)71-47(62(88)89)32-51(77)78)29-39-24-25-49(74)48(30-39)73(90)91)72-60(86)46(31-50(75)76)69-57(83)43(27-37-18-10-6-11-19-37)67-54(80)35(4)65-56(82)42(26-36-16-8-5-9-17-36)66-53(79)34(3)64-55(81)40-22-14-15-23-41(40)63/h5-25,30,33-35,42-47,52,74H,26-29,31-32,63H2,1-4H3,(H,64,81)(H,65,82)(H,66,79)(H,67,80)(H,68,84)(H,69,83)(H,70,87)(H,71,85)(H,72,86)(H,75,76)(H,77,78)(H,88,89)/t34-,35-,42-,43-,44-,45-,46-,47-,52-/m0/s1. The highest BCUT2D eigenvalue weighted by Gasteiger charge is 2.37. The van der Waals surface area contributed by atoms with Crippen LogP contribution in [0.4, 0.5) is 11.4 Å². The van der Waals surface area contributed by atoms with Crippen molar-refractivity contribution < 1.29 is 82.9 Å². The van der Waals surface area contributed by atoms with Crippen LogP contribution >= 0.6 is 0 Å². The summed E-state index contributed by atoms with van der Waals surface area (Å²) in [5.41, 5.74) is 6.88. The number of nitro groups is 1. The highest BCUT2D eigenvalue weighted by Crippen LogP contribution is 2.27. The summed E-state index contributed by atoms with van der Waals surface area (Å²) in [7, 11) is 0. The monoisotopic (exact) mass is 1260 g/mol. The fraction of sp³-hybridized carbons (Fsp3) is 0.323. The molecule has 0 bridgehead atoms. The number of carbonyl (C=O) groups is 12. The first kappa shape index (κ1) is 70.5. The molecule has 0 aliphatic heterocycles. The first-order valence-electron chi connectivity index (χ1n) is 28.4. The molecule has 29 heteroatoms. The molecular weight excluding hydrogens is 1190 g/mol. The van der Waals surface area contributed by atoms with Gasteiger partial charge in [-0.15, -0.1) is 0 Å². The van der Waals surface area contributed by atoms with Crippen molar-refractivity contribution in [3.8, 4) is 5.75 Å². The Hall–Kier alpha value is -11.3. The van der Waals surface area contributed by atoms with Crippen molar-refractivity contribution in [2.24, 2.45) is 5.92 Å². The highest BCUT2D eigenvalue weighted by atomic mass is 16.6. The van der Waals surface area contributed by atoms with Gasteiger partial charge in [-0.05, 0) is 60.2 Å². The largest absolute Gasteiger partial charge is 0.502 e. The molecule has 15 N–H and O–H groups in total. The number of nitrogen functional groups attached to an aromatic ring is 1. The second-order valence-corrected chi connectivity index (χ2v) is 21.5. The molecule has 0 radical (unpaired) electrons. The number of rotatable bonds is 33. The first-order chi connectivity index (χ1) is 43.1. The van der Waals surface area contributed by atoms with Gasteiger partial charge in [0.05, 0.1) is 23.3 Å². The number of carbonyl (C=O) groups excluding carboxylic acids is 9. The fourth-order valence-electron chi connectivity index (χ4n) is 9.11. The van der Waals surface area contributed by atoms with E-state index < -0.39 is 167 Å². The lowest BCUT2D eigenvalue weighted by atomic mass is 9.99. The number of aromatic hydroxyl groups is 1. The number of phenols is 1. The van der Waals surface area contributed by atoms with Crippen LogP contribution in [0.1, 0.15) is 73.1 Å². The number of aliphatic carboxylic acids is 3. The van der Waals surface area contributed by atoms with E-state index in [0.29, 0.717) is 16.7 Å². The molecule has 0 aliphatic carbocycles. The number of amides is 9. The number of carboxylic acids is 3. The van der Waals surface area contributed by atoms with E-state index in [0.717, 1.165) is 18.2 Å². The summed E-state index contributed by atoms with van der Waals surface area (Å²) in [6.07, 6.45) is -3.46. The van der Waals surface area contributed by atoms with Crippen molar-refractivity contribution in [2.45, 2.75) is 121 Å². The van der Waals surface area contributed by atoms with Gasteiger partial charge < -0.3 is 74.0 Å². The van der Waals surface area contributed by atoms with Crippen LogP contribution in [0.25, 0.3) is 0 Å². The number of para-hydroxylation sites is 1. The Labute approximate surface area is 520 Å². The van der Waals surface area contributed by atoms with Gasteiger partial charge >= 0.3 is 23.6 Å². The number of nitrogens with two attached hydrogens (primary N) is 1. The van der Waals surface area contributed by atoms with Gasteiger partial charge in [0, 0.05) is 37.4 Å². The summed E-state index contributed by atoms with van der Waals surface area (Å²) in [6.45, 7) is 5.62. The summed E-state index contributed by atoms with van der Waals surface area (Å²) >= 11 is 0. The Morgan fingerprint density at radius 1 is 0.429 bits per heavy atom. The van der Waals surface area contributed by atoms with Crippen molar-refractivity contribution in [2.75, 3.05) is 5.73 Å². The second kappa shape index (κ2) is 33.8. The number of anilines is 1. The summed E-state index contributed by atoms with van der Waals surface area (Å²) in [6, 6.07) is 19.2. The maximum absolute atomic E-state index is 14.4. The van der Waals surface area contributed by atoms with E-state index in [-0.39, 0.29) is 36.1 Å². The zero-order valence-electron chi connectivity index (χ0n) is 49.7. The Bertz CT molecular complexity index is 3470. The van der Waals surface area contributed by atoms with Crippen LogP contribution in [0.3, 0.4) is 0 Å². The zero-order chi connectivity index (χ0) is 67.1. The lowest BCUT2D eigenvalue weighted by Gasteiger charge is -2.29. The normalized spacial score (nSPS) is 13.9. The third-order valence-corrected chi connectivity index (χ3v) is 14.0. The van der Waals surface area contributed by atoms with Crippen LogP contribution in [0.5, 0.6) is 5.75 Å². The smallest absolute Gasteiger partial charge is 0.326 e. The molecule has 91 heavy (non-hydrogen) atoms. The van der Waals surface area contributed by atoms with Gasteiger partial charge in [0.15, 0.2) is 5.75 Å². The minimum absolute atomic E-state index is 0.0455. The average Bonchev–Trinajstić information content (AvgIpc) is 1.19. The molecule has 9 amide bonds. The van der Waals surface area contributed by atoms with E-state index >= 15 is 0 Å². The van der Waals surface area contributed by atoms with Gasteiger partial charge in [0.2, 0.25) is 47.3 Å². The molecule has 29 nitrogen and oxygen atoms in total. The lowest BCUT2D eigenvalue weighted by molar-refractivity contribution is -0.385. The van der Waals surface area contributed by atoms with Crippen molar-refractivity contribution in [1.82, 2.24) is 47.9 Å². The lowest BCUT2D eigenvalue weighted by Crippen LogP contribution is -2.61. The number of carboxylic acid groups (broad SMARTS) is 3. The van der Waals surface area contributed by atoms with E-state index in [1.54, 1.807) is 103 Å². The van der Waals surface area contributed by atoms with Crippen LogP contribution < -0.4 is 53.6 Å². The second-order valence-electron chi connectivity index (χ2n) is 21.5. The molecule has 0 unspecified atom stereocenters. The number of hydrogen-bond acceptors (Lipinski definition) is 16. The van der Waals surface area contributed by atoms with E-state index in [1.807, 2.05) is 5.32 Å². The van der Waals surface area contributed by atoms with E-state index in [4.69, 9.17) is 5.73 Å². The minimum atomic E-state index is -2.03. The Morgan fingerprint density at radius 2 is 0.791 bits per heavy atom. The average molecular weight is 1260 g/mol. The Kier molecular flexibility index (Phi) is 26.1. The van der Waals surface area contributed by atoms with E-state index in [9.17, 15) is 88.1 Å². The first-order valence-corrected chi connectivity index (χ1v) is 28.4. The Morgan fingerprint density at radius 3 is 1.22 bits per heavy atom. The van der Waals surface area contributed by atoms with Crippen molar-refractivity contribution in [3.63, 3.8) is 0 Å². The van der Waals surface area contributed by atoms with Gasteiger partial charge in [-0.25, -0.2) is 4.79 Å². The number of hydrogen-bond donors (Lipinski definition) is 14. The number of nitro benzene ring substituents is 1. The fourth-order valence-corrected chi connectivity index (χ4v) is 9.11. The third-order valence-electron chi connectivity index (χ3n) is 14.0. The van der Waals surface area contributed by atoms with Crippen LogP contribution in [0, 0.1) is 16.0 Å². The predicted molar refractivity (Wildman–Crippen MR) is 325 cm³/mol. The Balaban J connectivity index is 1.36. The molecule has 5 rings (SSSR count). The quantitative estimate of drug-likeness (QED) is 0.0155. The summed E-state index contributed by atoms with van der Waals surface area (Å²) < 4.78 is 0. The third kappa shape index (κ3) is 22.1. The summed E-state index contributed by atoms with van der Waals surface area (Å²) in [5.74, 6) is -15.6. The van der Waals surface area contributed by atoms with Crippen molar-refractivity contribution in [3.05, 3.63) is 171 Å². The van der Waals surface area contributed by atoms with Crippen molar-refractivity contribution in [1.29, 1.82) is 0 Å². The predicted octanol–water partition coefficient (Wildman–Crippen LogP) is 0.560.